The van der Waals surface area contributed by atoms with Gasteiger partial charge in [0.15, 0.2) is 0 Å². The SMILES string of the molecule is Cc1cc(-c2ccccc2)cc(-c2cccc3sc4ccccc4c23)c1. The maximum Gasteiger partial charge on any atom is 0.0361 e. The van der Waals surface area contributed by atoms with Crippen LogP contribution in [-0.4, -0.2) is 0 Å². The molecule has 1 heterocycles. The van der Waals surface area contributed by atoms with Crippen LogP contribution in [0.4, 0.5) is 0 Å². The molecule has 1 heteroatoms. The molecule has 5 rings (SSSR count). The van der Waals surface area contributed by atoms with Gasteiger partial charge in [-0.1, -0.05) is 72.8 Å². The Balaban J connectivity index is 1.80. The second kappa shape index (κ2) is 6.12. The van der Waals surface area contributed by atoms with Crippen LogP contribution in [0, 0.1) is 6.92 Å². The monoisotopic (exact) mass is 350 g/mol. The average Bonchev–Trinajstić information content (AvgIpc) is 3.07. The van der Waals surface area contributed by atoms with Gasteiger partial charge in [0.25, 0.3) is 0 Å². The molecule has 0 N–H and O–H groups in total. The lowest BCUT2D eigenvalue weighted by Crippen LogP contribution is -1.85. The third-order valence-electron chi connectivity index (χ3n) is 4.90. The van der Waals surface area contributed by atoms with Gasteiger partial charge in [0.05, 0.1) is 0 Å². The van der Waals surface area contributed by atoms with Gasteiger partial charge in [0.1, 0.15) is 0 Å². The highest BCUT2D eigenvalue weighted by Gasteiger charge is 2.11. The minimum absolute atomic E-state index is 1.26. The summed E-state index contributed by atoms with van der Waals surface area (Å²) >= 11 is 1.88. The number of hydrogen-bond acceptors (Lipinski definition) is 1. The molecule has 0 saturated carbocycles. The molecule has 124 valence electrons. The van der Waals surface area contributed by atoms with Gasteiger partial charge in [-0.05, 0) is 52.9 Å². The Kier molecular flexibility index (Phi) is 3.62. The van der Waals surface area contributed by atoms with Crippen LogP contribution in [0.3, 0.4) is 0 Å². The number of aryl methyl sites for hydroxylation is 1. The van der Waals surface area contributed by atoms with Gasteiger partial charge in [-0.3, -0.25) is 0 Å². The van der Waals surface area contributed by atoms with Crippen molar-refractivity contribution in [3.63, 3.8) is 0 Å². The van der Waals surface area contributed by atoms with E-state index in [1.165, 1.54) is 48.0 Å². The van der Waals surface area contributed by atoms with E-state index >= 15 is 0 Å². The Morgan fingerprint density at radius 2 is 1.31 bits per heavy atom. The fourth-order valence-corrected chi connectivity index (χ4v) is 4.88. The van der Waals surface area contributed by atoms with Gasteiger partial charge in [0, 0.05) is 20.2 Å². The van der Waals surface area contributed by atoms with E-state index in [1.54, 1.807) is 0 Å². The van der Waals surface area contributed by atoms with E-state index in [2.05, 4.69) is 97.9 Å². The Morgan fingerprint density at radius 1 is 0.577 bits per heavy atom. The van der Waals surface area contributed by atoms with E-state index in [9.17, 15) is 0 Å². The lowest BCUT2D eigenvalue weighted by Gasteiger charge is -2.10. The largest absolute Gasteiger partial charge is 0.135 e. The van der Waals surface area contributed by atoms with Crippen LogP contribution in [0.5, 0.6) is 0 Å². The summed E-state index contributed by atoms with van der Waals surface area (Å²) in [5, 5.41) is 2.73. The molecule has 0 spiro atoms. The topological polar surface area (TPSA) is 0 Å². The molecule has 0 saturated heterocycles. The molecule has 0 aliphatic rings. The Labute approximate surface area is 157 Å². The number of hydrogen-bond donors (Lipinski definition) is 0. The van der Waals surface area contributed by atoms with Crippen LogP contribution in [0.15, 0.2) is 91.0 Å². The first-order valence-electron chi connectivity index (χ1n) is 8.87. The van der Waals surface area contributed by atoms with Gasteiger partial charge in [-0.25, -0.2) is 0 Å². The lowest BCUT2D eigenvalue weighted by atomic mass is 9.94. The van der Waals surface area contributed by atoms with E-state index in [1.807, 2.05) is 11.3 Å². The Hall–Kier alpha value is -2.90. The zero-order valence-corrected chi connectivity index (χ0v) is 15.4. The molecule has 0 amide bonds. The summed E-state index contributed by atoms with van der Waals surface area (Å²) in [4.78, 5) is 0. The maximum absolute atomic E-state index is 2.32. The van der Waals surface area contributed by atoms with Gasteiger partial charge in [0.2, 0.25) is 0 Å². The molecule has 26 heavy (non-hydrogen) atoms. The Morgan fingerprint density at radius 3 is 2.19 bits per heavy atom. The fraction of sp³-hybridized carbons (Fsp3) is 0.0400. The van der Waals surface area contributed by atoms with Crippen molar-refractivity contribution in [2.75, 3.05) is 0 Å². The van der Waals surface area contributed by atoms with E-state index in [-0.39, 0.29) is 0 Å². The molecule has 1 aromatic heterocycles. The predicted molar refractivity (Wildman–Crippen MR) is 115 cm³/mol. The van der Waals surface area contributed by atoms with Crippen LogP contribution in [0.1, 0.15) is 5.56 Å². The number of thiophene rings is 1. The van der Waals surface area contributed by atoms with E-state index < -0.39 is 0 Å². The molecule has 0 aliphatic heterocycles. The minimum atomic E-state index is 1.26. The van der Waals surface area contributed by atoms with Crippen LogP contribution in [0.2, 0.25) is 0 Å². The average molecular weight is 350 g/mol. The highest BCUT2D eigenvalue weighted by atomic mass is 32.1. The molecule has 0 radical (unpaired) electrons. The first kappa shape index (κ1) is 15.4. The molecule has 4 aromatic carbocycles. The van der Waals surface area contributed by atoms with Crippen molar-refractivity contribution in [1.29, 1.82) is 0 Å². The summed E-state index contributed by atoms with van der Waals surface area (Å²) in [6, 6.07) is 32.9. The minimum Gasteiger partial charge on any atom is -0.135 e. The maximum atomic E-state index is 2.32. The van der Waals surface area contributed by atoms with Crippen LogP contribution in [0.25, 0.3) is 42.4 Å². The summed E-state index contributed by atoms with van der Waals surface area (Å²) in [5.74, 6) is 0. The van der Waals surface area contributed by atoms with Crippen LogP contribution >= 0.6 is 11.3 Å². The highest BCUT2D eigenvalue weighted by Crippen LogP contribution is 2.40. The van der Waals surface area contributed by atoms with Gasteiger partial charge in [-0.15, -0.1) is 11.3 Å². The van der Waals surface area contributed by atoms with E-state index in [0.29, 0.717) is 0 Å². The second-order valence-corrected chi connectivity index (χ2v) is 7.81. The van der Waals surface area contributed by atoms with Crippen LogP contribution < -0.4 is 0 Å². The number of fused-ring (bicyclic) bond motifs is 3. The van der Waals surface area contributed by atoms with E-state index in [4.69, 9.17) is 0 Å². The third-order valence-corrected chi connectivity index (χ3v) is 6.03. The molecular formula is C25H18S. The molecule has 0 aliphatic carbocycles. The van der Waals surface area contributed by atoms with Crippen molar-refractivity contribution in [3.05, 3.63) is 96.6 Å². The Bertz CT molecular complexity index is 1230. The summed E-state index contributed by atoms with van der Waals surface area (Å²) in [5.41, 5.74) is 6.44. The molecule has 0 nitrogen and oxygen atoms in total. The zero-order chi connectivity index (χ0) is 17.5. The van der Waals surface area contributed by atoms with Gasteiger partial charge >= 0.3 is 0 Å². The van der Waals surface area contributed by atoms with Gasteiger partial charge < -0.3 is 0 Å². The molecule has 0 bridgehead atoms. The fourth-order valence-electron chi connectivity index (χ4n) is 3.75. The van der Waals surface area contributed by atoms with E-state index in [0.717, 1.165) is 0 Å². The standard InChI is InChI=1S/C25H18S/c1-17-14-19(18-8-3-2-4-9-18)16-20(15-17)21-11-7-13-24-25(21)22-10-5-6-12-23(22)26-24/h2-16H,1H3. The van der Waals surface area contributed by atoms with Crippen molar-refractivity contribution in [2.45, 2.75) is 6.92 Å². The highest BCUT2D eigenvalue weighted by molar-refractivity contribution is 7.25. The molecule has 5 aromatic rings. The normalized spacial score (nSPS) is 11.3. The lowest BCUT2D eigenvalue weighted by molar-refractivity contribution is 1.46. The molecular weight excluding hydrogens is 332 g/mol. The number of benzene rings is 4. The van der Waals surface area contributed by atoms with Gasteiger partial charge in [-0.2, -0.15) is 0 Å². The predicted octanol–water partition coefficient (Wildman–Crippen LogP) is 7.70. The van der Waals surface area contributed by atoms with Crippen molar-refractivity contribution in [3.8, 4) is 22.3 Å². The third kappa shape index (κ3) is 2.53. The second-order valence-electron chi connectivity index (χ2n) is 6.73. The quantitative estimate of drug-likeness (QED) is 0.306. The summed E-state index contributed by atoms with van der Waals surface area (Å²) < 4.78 is 2.71. The zero-order valence-electron chi connectivity index (χ0n) is 14.6. The van der Waals surface area contributed by atoms with Crippen molar-refractivity contribution < 1.29 is 0 Å². The first-order valence-corrected chi connectivity index (χ1v) is 9.69. The summed E-state index contributed by atoms with van der Waals surface area (Å²) in [7, 11) is 0. The van der Waals surface area contributed by atoms with Crippen LogP contribution in [-0.2, 0) is 0 Å². The molecule has 0 unspecified atom stereocenters. The molecule has 0 atom stereocenters. The number of rotatable bonds is 2. The smallest absolute Gasteiger partial charge is 0.0361 e. The van der Waals surface area contributed by atoms with Crippen molar-refractivity contribution >= 4 is 31.5 Å². The first-order chi connectivity index (χ1) is 12.8. The van der Waals surface area contributed by atoms with Crippen molar-refractivity contribution in [2.24, 2.45) is 0 Å². The molecule has 0 fully saturated rings. The van der Waals surface area contributed by atoms with Crippen molar-refractivity contribution in [1.82, 2.24) is 0 Å². The summed E-state index contributed by atoms with van der Waals surface area (Å²) in [6.07, 6.45) is 0. The summed E-state index contributed by atoms with van der Waals surface area (Å²) in [6.45, 7) is 2.18.